The zero-order chi connectivity index (χ0) is 16.5. The van der Waals surface area contributed by atoms with Crippen molar-refractivity contribution in [2.75, 3.05) is 23.7 Å². The highest BCUT2D eigenvalue weighted by Gasteiger charge is 2.31. The van der Waals surface area contributed by atoms with Gasteiger partial charge in [0.25, 0.3) is 0 Å². The Hall–Kier alpha value is -2.43. The summed E-state index contributed by atoms with van der Waals surface area (Å²) in [6, 6.07) is 10.2. The number of benzene rings is 1. The lowest BCUT2D eigenvalue weighted by Gasteiger charge is -2.29. The number of Topliss-reactive ketones (excluding diaryl/α,β-unsaturated/α-hetero) is 1. The highest BCUT2D eigenvalue weighted by atomic mass is 16.1. The molecule has 2 aliphatic rings. The molecule has 0 saturated carbocycles. The fourth-order valence-electron chi connectivity index (χ4n) is 3.79. The molecule has 2 aromatic rings. The molecule has 1 aromatic carbocycles. The van der Waals surface area contributed by atoms with Gasteiger partial charge < -0.3 is 10.6 Å². The van der Waals surface area contributed by atoms with E-state index in [0.29, 0.717) is 23.8 Å². The SMILES string of the molecule is Nc1nc(N2CCCCC2)nc2c1C(=O)CC(c1ccccc1)C2. The molecule has 5 nitrogen and oxygen atoms in total. The molecule has 2 heterocycles. The Kier molecular flexibility index (Phi) is 3.92. The third kappa shape index (κ3) is 2.75. The van der Waals surface area contributed by atoms with Crippen LogP contribution in [-0.2, 0) is 6.42 Å². The smallest absolute Gasteiger partial charge is 0.227 e. The number of aromatic nitrogens is 2. The van der Waals surface area contributed by atoms with Crippen LogP contribution in [0.5, 0.6) is 0 Å². The molecule has 1 atom stereocenters. The molecule has 4 rings (SSSR count). The predicted molar refractivity (Wildman–Crippen MR) is 94.3 cm³/mol. The van der Waals surface area contributed by atoms with E-state index < -0.39 is 0 Å². The zero-order valence-electron chi connectivity index (χ0n) is 13.7. The first-order valence-corrected chi connectivity index (χ1v) is 8.72. The fourth-order valence-corrected chi connectivity index (χ4v) is 3.79. The van der Waals surface area contributed by atoms with Crippen LogP contribution < -0.4 is 10.6 Å². The Morgan fingerprint density at radius 1 is 1.00 bits per heavy atom. The molecule has 1 fully saturated rings. The van der Waals surface area contributed by atoms with Crippen LogP contribution in [0, 0.1) is 0 Å². The van der Waals surface area contributed by atoms with Gasteiger partial charge in [-0.3, -0.25) is 4.79 Å². The van der Waals surface area contributed by atoms with Gasteiger partial charge in [0.15, 0.2) is 5.78 Å². The Morgan fingerprint density at radius 3 is 2.50 bits per heavy atom. The number of carbonyl (C=O) groups is 1. The molecule has 1 unspecified atom stereocenters. The Labute approximate surface area is 141 Å². The number of piperidine rings is 1. The molecule has 0 amide bonds. The van der Waals surface area contributed by atoms with E-state index in [4.69, 9.17) is 10.7 Å². The summed E-state index contributed by atoms with van der Waals surface area (Å²) in [5.41, 5.74) is 8.67. The molecule has 1 aromatic heterocycles. The van der Waals surface area contributed by atoms with Crippen LogP contribution in [0.1, 0.15) is 53.2 Å². The van der Waals surface area contributed by atoms with E-state index in [2.05, 4.69) is 22.0 Å². The van der Waals surface area contributed by atoms with Crippen molar-refractivity contribution in [3.63, 3.8) is 0 Å². The summed E-state index contributed by atoms with van der Waals surface area (Å²) in [5.74, 6) is 1.27. The summed E-state index contributed by atoms with van der Waals surface area (Å²) in [4.78, 5) is 24.0. The average molecular weight is 322 g/mol. The number of nitrogen functional groups attached to an aromatic ring is 1. The van der Waals surface area contributed by atoms with Gasteiger partial charge in [0.1, 0.15) is 5.82 Å². The van der Waals surface area contributed by atoms with Crippen molar-refractivity contribution >= 4 is 17.5 Å². The van der Waals surface area contributed by atoms with Crippen molar-refractivity contribution < 1.29 is 4.79 Å². The van der Waals surface area contributed by atoms with Crippen LogP contribution in [0.3, 0.4) is 0 Å². The van der Waals surface area contributed by atoms with Gasteiger partial charge in [-0.05, 0) is 37.2 Å². The molecular formula is C19H22N4O. The Balaban J connectivity index is 1.69. The van der Waals surface area contributed by atoms with E-state index >= 15 is 0 Å². The number of carbonyl (C=O) groups excluding carboxylic acids is 1. The van der Waals surface area contributed by atoms with E-state index in [9.17, 15) is 4.79 Å². The third-order valence-corrected chi connectivity index (χ3v) is 5.06. The second-order valence-corrected chi connectivity index (χ2v) is 6.72. The number of nitrogens with zero attached hydrogens (tertiary/aromatic N) is 3. The Bertz CT molecular complexity index is 753. The van der Waals surface area contributed by atoms with Crippen LogP contribution in [0.4, 0.5) is 11.8 Å². The molecule has 5 heteroatoms. The van der Waals surface area contributed by atoms with Crippen molar-refractivity contribution in [1.82, 2.24) is 9.97 Å². The van der Waals surface area contributed by atoms with E-state index in [-0.39, 0.29) is 11.7 Å². The van der Waals surface area contributed by atoms with E-state index in [0.717, 1.165) is 38.0 Å². The first-order valence-electron chi connectivity index (χ1n) is 8.72. The van der Waals surface area contributed by atoms with Crippen LogP contribution in [0.2, 0.25) is 0 Å². The van der Waals surface area contributed by atoms with Crippen molar-refractivity contribution in [3.8, 4) is 0 Å². The molecule has 0 radical (unpaired) electrons. The third-order valence-electron chi connectivity index (χ3n) is 5.06. The summed E-state index contributed by atoms with van der Waals surface area (Å²) in [7, 11) is 0. The summed E-state index contributed by atoms with van der Waals surface area (Å²) in [6.45, 7) is 1.93. The second-order valence-electron chi connectivity index (χ2n) is 6.72. The summed E-state index contributed by atoms with van der Waals surface area (Å²) < 4.78 is 0. The molecule has 1 aliphatic carbocycles. The van der Waals surface area contributed by atoms with Gasteiger partial charge in [-0.15, -0.1) is 0 Å². The topological polar surface area (TPSA) is 72.1 Å². The Morgan fingerprint density at radius 2 is 1.75 bits per heavy atom. The van der Waals surface area contributed by atoms with Gasteiger partial charge in [0, 0.05) is 19.5 Å². The molecule has 24 heavy (non-hydrogen) atoms. The number of anilines is 2. The lowest BCUT2D eigenvalue weighted by atomic mass is 9.82. The number of hydrogen-bond donors (Lipinski definition) is 1. The second kappa shape index (κ2) is 6.23. The highest BCUT2D eigenvalue weighted by molar-refractivity contribution is 6.02. The fraction of sp³-hybridized carbons (Fsp3) is 0.421. The van der Waals surface area contributed by atoms with Crippen molar-refractivity contribution in [2.45, 2.75) is 38.0 Å². The van der Waals surface area contributed by atoms with E-state index in [1.54, 1.807) is 0 Å². The van der Waals surface area contributed by atoms with Gasteiger partial charge in [0.05, 0.1) is 11.3 Å². The lowest BCUT2D eigenvalue weighted by molar-refractivity contribution is 0.0964. The van der Waals surface area contributed by atoms with Gasteiger partial charge in [0.2, 0.25) is 5.95 Å². The normalized spacial score (nSPS) is 20.8. The number of ketones is 1. The number of hydrogen-bond acceptors (Lipinski definition) is 5. The highest BCUT2D eigenvalue weighted by Crippen LogP contribution is 2.34. The van der Waals surface area contributed by atoms with Crippen LogP contribution in [0.25, 0.3) is 0 Å². The molecule has 0 spiro atoms. The van der Waals surface area contributed by atoms with Gasteiger partial charge >= 0.3 is 0 Å². The quantitative estimate of drug-likeness (QED) is 0.920. The number of rotatable bonds is 2. The number of fused-ring (bicyclic) bond motifs is 1. The monoisotopic (exact) mass is 322 g/mol. The maximum atomic E-state index is 12.6. The zero-order valence-corrected chi connectivity index (χ0v) is 13.7. The van der Waals surface area contributed by atoms with E-state index in [1.165, 1.54) is 12.0 Å². The minimum absolute atomic E-state index is 0.0628. The molecular weight excluding hydrogens is 300 g/mol. The minimum atomic E-state index is 0.0628. The summed E-state index contributed by atoms with van der Waals surface area (Å²) in [5, 5.41) is 0. The van der Waals surface area contributed by atoms with Crippen molar-refractivity contribution in [2.24, 2.45) is 0 Å². The maximum Gasteiger partial charge on any atom is 0.227 e. The molecule has 1 aliphatic heterocycles. The lowest BCUT2D eigenvalue weighted by Crippen LogP contribution is -2.32. The van der Waals surface area contributed by atoms with Crippen LogP contribution in [-0.4, -0.2) is 28.8 Å². The summed E-state index contributed by atoms with van der Waals surface area (Å²) in [6.07, 6.45) is 4.80. The van der Waals surface area contributed by atoms with Crippen LogP contribution in [0.15, 0.2) is 30.3 Å². The molecule has 124 valence electrons. The van der Waals surface area contributed by atoms with Crippen molar-refractivity contribution in [3.05, 3.63) is 47.2 Å². The predicted octanol–water partition coefficient (Wildman–Crippen LogP) is 2.96. The minimum Gasteiger partial charge on any atom is -0.383 e. The van der Waals surface area contributed by atoms with Gasteiger partial charge in [-0.25, -0.2) is 4.98 Å². The largest absolute Gasteiger partial charge is 0.383 e. The standard InChI is InChI=1S/C19H22N4O/c20-18-17-15(21-19(22-18)23-9-5-2-6-10-23)11-14(12-16(17)24)13-7-3-1-4-8-13/h1,3-4,7-8,14H,2,5-6,9-12H2,(H2,20,21,22). The first-order chi connectivity index (χ1) is 11.7. The van der Waals surface area contributed by atoms with Gasteiger partial charge in [-0.1, -0.05) is 30.3 Å². The van der Waals surface area contributed by atoms with E-state index in [1.807, 2.05) is 18.2 Å². The van der Waals surface area contributed by atoms with Crippen molar-refractivity contribution in [1.29, 1.82) is 0 Å². The van der Waals surface area contributed by atoms with Gasteiger partial charge in [-0.2, -0.15) is 4.98 Å². The first kappa shape index (κ1) is 15.1. The molecule has 0 bridgehead atoms. The molecule has 1 saturated heterocycles. The van der Waals surface area contributed by atoms with Crippen LogP contribution >= 0.6 is 0 Å². The average Bonchev–Trinajstić information content (AvgIpc) is 2.62. The maximum absolute atomic E-state index is 12.6. The number of nitrogens with two attached hydrogens (primary N) is 1. The molecule has 2 N–H and O–H groups in total. The summed E-state index contributed by atoms with van der Waals surface area (Å²) >= 11 is 0.